The molecule has 0 aliphatic heterocycles. The van der Waals surface area contributed by atoms with Crippen LogP contribution in [0, 0.1) is 0 Å². The van der Waals surface area contributed by atoms with Crippen LogP contribution in [0.5, 0.6) is 0 Å². The lowest BCUT2D eigenvalue weighted by atomic mass is 10.2. The fourth-order valence-electron chi connectivity index (χ4n) is 0.925. The lowest BCUT2D eigenvalue weighted by Gasteiger charge is -1.96. The Labute approximate surface area is 78.8 Å². The van der Waals surface area contributed by atoms with Gasteiger partial charge in [0.25, 0.3) is 0 Å². The van der Waals surface area contributed by atoms with Crippen LogP contribution in [0.1, 0.15) is 0 Å². The second-order valence-electron chi connectivity index (χ2n) is 2.22. The maximum absolute atomic E-state index is 5.95. The third-order valence-electron chi connectivity index (χ3n) is 1.46. The van der Waals surface area contributed by atoms with Crippen LogP contribution in [0.25, 0.3) is 10.6 Å². The summed E-state index contributed by atoms with van der Waals surface area (Å²) in [5.74, 6) is 0. The third kappa shape index (κ3) is 1.33. The van der Waals surface area contributed by atoms with Crippen molar-refractivity contribution in [1.29, 1.82) is 0 Å². The minimum atomic E-state index is 0.717. The van der Waals surface area contributed by atoms with Crippen LogP contribution in [0.4, 0.5) is 0 Å². The normalized spacial score (nSPS) is 10.1. The standard InChI is InChI=1S/C8H5ClN2S/c9-7-4-2-1-3-6(7)8-11-10-5-12-8/h1-5H. The molecular weight excluding hydrogens is 192 g/mol. The van der Waals surface area contributed by atoms with Crippen LogP contribution in [-0.4, -0.2) is 10.2 Å². The van der Waals surface area contributed by atoms with E-state index in [0.29, 0.717) is 5.02 Å². The van der Waals surface area contributed by atoms with Crippen LogP contribution < -0.4 is 0 Å². The number of benzene rings is 1. The highest BCUT2D eigenvalue weighted by Crippen LogP contribution is 2.27. The molecule has 0 unspecified atom stereocenters. The number of rotatable bonds is 1. The summed E-state index contributed by atoms with van der Waals surface area (Å²) in [5.41, 5.74) is 2.64. The van der Waals surface area contributed by atoms with Gasteiger partial charge in [-0.05, 0) is 6.07 Å². The predicted octanol–water partition coefficient (Wildman–Crippen LogP) is 2.86. The van der Waals surface area contributed by atoms with Gasteiger partial charge in [-0.25, -0.2) is 0 Å². The lowest BCUT2D eigenvalue weighted by molar-refractivity contribution is 1.10. The Kier molecular flexibility index (Phi) is 2.06. The van der Waals surface area contributed by atoms with E-state index in [2.05, 4.69) is 10.2 Å². The molecule has 1 aromatic carbocycles. The minimum absolute atomic E-state index is 0.717. The number of hydrogen-bond donors (Lipinski definition) is 0. The van der Waals surface area contributed by atoms with Crippen LogP contribution >= 0.6 is 22.9 Å². The van der Waals surface area contributed by atoms with E-state index in [1.54, 1.807) is 5.51 Å². The Hall–Kier alpha value is -0.930. The quantitative estimate of drug-likeness (QED) is 0.701. The molecule has 4 heteroatoms. The van der Waals surface area contributed by atoms with E-state index in [9.17, 15) is 0 Å². The number of aromatic nitrogens is 2. The fourth-order valence-corrected chi connectivity index (χ4v) is 1.80. The van der Waals surface area contributed by atoms with Crippen LogP contribution in [-0.2, 0) is 0 Å². The molecular formula is C8H5ClN2S. The van der Waals surface area contributed by atoms with E-state index in [4.69, 9.17) is 11.6 Å². The van der Waals surface area contributed by atoms with Gasteiger partial charge in [-0.15, -0.1) is 10.2 Å². The molecule has 1 heterocycles. The highest BCUT2D eigenvalue weighted by molar-refractivity contribution is 7.12. The van der Waals surface area contributed by atoms with Gasteiger partial charge in [0.05, 0.1) is 5.02 Å². The smallest absolute Gasteiger partial charge is 0.147 e. The number of halogens is 1. The molecule has 0 saturated carbocycles. The average molecular weight is 197 g/mol. The topological polar surface area (TPSA) is 25.8 Å². The summed E-state index contributed by atoms with van der Waals surface area (Å²) in [6.45, 7) is 0. The van der Waals surface area contributed by atoms with E-state index in [-0.39, 0.29) is 0 Å². The van der Waals surface area contributed by atoms with Crippen molar-refractivity contribution in [3.8, 4) is 10.6 Å². The third-order valence-corrected chi connectivity index (χ3v) is 2.52. The monoisotopic (exact) mass is 196 g/mol. The molecule has 0 amide bonds. The zero-order valence-electron chi connectivity index (χ0n) is 6.07. The molecule has 12 heavy (non-hydrogen) atoms. The Bertz CT molecular complexity index is 372. The largest absolute Gasteiger partial charge is 0.149 e. The van der Waals surface area contributed by atoms with E-state index < -0.39 is 0 Å². The van der Waals surface area contributed by atoms with Crippen molar-refractivity contribution in [3.63, 3.8) is 0 Å². The van der Waals surface area contributed by atoms with Gasteiger partial charge in [-0.3, -0.25) is 0 Å². The number of hydrogen-bond acceptors (Lipinski definition) is 3. The Morgan fingerprint density at radius 3 is 2.75 bits per heavy atom. The molecule has 0 aliphatic carbocycles. The Morgan fingerprint density at radius 1 is 1.25 bits per heavy atom. The minimum Gasteiger partial charge on any atom is -0.147 e. The molecule has 0 radical (unpaired) electrons. The molecule has 0 bridgehead atoms. The summed E-state index contributed by atoms with van der Waals surface area (Å²) in [4.78, 5) is 0. The molecule has 0 saturated heterocycles. The van der Waals surface area contributed by atoms with Crippen molar-refractivity contribution >= 4 is 22.9 Å². The summed E-state index contributed by atoms with van der Waals surface area (Å²) < 4.78 is 0. The Balaban J connectivity index is 2.55. The first-order chi connectivity index (χ1) is 5.88. The van der Waals surface area contributed by atoms with Gasteiger partial charge in [0.15, 0.2) is 0 Å². The average Bonchev–Trinajstić information content (AvgIpc) is 2.57. The van der Waals surface area contributed by atoms with Crippen LogP contribution in [0.15, 0.2) is 29.8 Å². The van der Waals surface area contributed by atoms with Gasteiger partial charge in [-0.1, -0.05) is 41.1 Å². The van der Waals surface area contributed by atoms with Crippen LogP contribution in [0.3, 0.4) is 0 Å². The fraction of sp³-hybridized carbons (Fsp3) is 0. The van der Waals surface area contributed by atoms with Gasteiger partial charge in [0, 0.05) is 5.56 Å². The van der Waals surface area contributed by atoms with Crippen molar-refractivity contribution in [2.75, 3.05) is 0 Å². The summed E-state index contributed by atoms with van der Waals surface area (Å²) in [5, 5.41) is 9.26. The highest BCUT2D eigenvalue weighted by Gasteiger charge is 2.04. The maximum Gasteiger partial charge on any atom is 0.149 e. The summed E-state index contributed by atoms with van der Waals surface area (Å²) in [6.07, 6.45) is 0. The second-order valence-corrected chi connectivity index (χ2v) is 3.46. The van der Waals surface area contributed by atoms with Gasteiger partial charge < -0.3 is 0 Å². The first-order valence-corrected chi connectivity index (χ1v) is 4.65. The zero-order valence-corrected chi connectivity index (χ0v) is 7.64. The SMILES string of the molecule is Clc1ccccc1-c1nncs1. The van der Waals surface area contributed by atoms with E-state index in [1.807, 2.05) is 24.3 Å². The molecule has 60 valence electrons. The summed E-state index contributed by atoms with van der Waals surface area (Å²) >= 11 is 7.44. The molecule has 0 N–H and O–H groups in total. The summed E-state index contributed by atoms with van der Waals surface area (Å²) in [7, 11) is 0. The van der Waals surface area contributed by atoms with E-state index >= 15 is 0 Å². The predicted molar refractivity (Wildman–Crippen MR) is 50.4 cm³/mol. The molecule has 2 nitrogen and oxygen atoms in total. The zero-order chi connectivity index (χ0) is 8.39. The van der Waals surface area contributed by atoms with Gasteiger partial charge >= 0.3 is 0 Å². The Morgan fingerprint density at radius 2 is 2.08 bits per heavy atom. The lowest BCUT2D eigenvalue weighted by Crippen LogP contribution is -1.77. The molecule has 2 aromatic rings. The molecule has 0 aliphatic rings. The maximum atomic E-state index is 5.95. The molecule has 0 spiro atoms. The highest BCUT2D eigenvalue weighted by atomic mass is 35.5. The van der Waals surface area contributed by atoms with Crippen molar-refractivity contribution in [1.82, 2.24) is 10.2 Å². The molecule has 0 atom stereocenters. The molecule has 0 fully saturated rings. The first-order valence-electron chi connectivity index (χ1n) is 3.39. The van der Waals surface area contributed by atoms with Gasteiger partial charge in [0.1, 0.15) is 10.5 Å². The molecule has 1 aromatic heterocycles. The van der Waals surface area contributed by atoms with Crippen molar-refractivity contribution in [3.05, 3.63) is 34.8 Å². The van der Waals surface area contributed by atoms with Crippen molar-refractivity contribution in [2.45, 2.75) is 0 Å². The van der Waals surface area contributed by atoms with Gasteiger partial charge in [-0.2, -0.15) is 0 Å². The number of nitrogens with zero attached hydrogens (tertiary/aromatic N) is 2. The first kappa shape index (κ1) is 7.71. The second kappa shape index (κ2) is 3.21. The van der Waals surface area contributed by atoms with Crippen LogP contribution in [0.2, 0.25) is 5.02 Å². The van der Waals surface area contributed by atoms with E-state index in [0.717, 1.165) is 10.6 Å². The van der Waals surface area contributed by atoms with Crippen molar-refractivity contribution in [2.24, 2.45) is 0 Å². The summed E-state index contributed by atoms with van der Waals surface area (Å²) in [6, 6.07) is 7.61. The molecule has 2 rings (SSSR count). The van der Waals surface area contributed by atoms with Gasteiger partial charge in [0.2, 0.25) is 0 Å². The van der Waals surface area contributed by atoms with Crippen molar-refractivity contribution < 1.29 is 0 Å². The van der Waals surface area contributed by atoms with E-state index in [1.165, 1.54) is 11.3 Å².